The molecule has 4 heteroatoms. The van der Waals surface area contributed by atoms with E-state index in [4.69, 9.17) is 11.6 Å². The van der Waals surface area contributed by atoms with E-state index in [1.54, 1.807) is 0 Å². The summed E-state index contributed by atoms with van der Waals surface area (Å²) in [7, 11) is 0. The Balaban J connectivity index is 3.02. The molecule has 0 aliphatic rings. The van der Waals surface area contributed by atoms with Crippen molar-refractivity contribution in [1.29, 1.82) is 0 Å². The number of benzene rings is 1. The van der Waals surface area contributed by atoms with Gasteiger partial charge in [0, 0.05) is 0 Å². The summed E-state index contributed by atoms with van der Waals surface area (Å²) in [6.07, 6.45) is 0. The number of alkyl halides is 1. The van der Waals surface area contributed by atoms with Crippen molar-refractivity contribution in [2.24, 2.45) is 0 Å². The van der Waals surface area contributed by atoms with Crippen molar-refractivity contribution in [2.45, 2.75) is 13.8 Å². The number of carbonyl (C=O) groups excluding carboxylic acids is 1. The summed E-state index contributed by atoms with van der Waals surface area (Å²) in [6, 6.07) is 3.84. The molecule has 14 heavy (non-hydrogen) atoms. The molecule has 0 radical (unpaired) electrons. The van der Waals surface area contributed by atoms with E-state index in [1.165, 1.54) is 0 Å². The minimum Gasteiger partial charge on any atom is -0.324 e. The van der Waals surface area contributed by atoms with Crippen LogP contribution in [0.25, 0.3) is 0 Å². The number of rotatable bonds is 2. The SMILES string of the molecule is Cc1cc(C)c(NC(=O)CI)c(Cl)c1. The lowest BCUT2D eigenvalue weighted by Crippen LogP contribution is -2.13. The Kier molecular flexibility index (Phi) is 4.19. The first-order valence-electron chi connectivity index (χ1n) is 4.17. The van der Waals surface area contributed by atoms with Gasteiger partial charge in [-0.25, -0.2) is 0 Å². The van der Waals surface area contributed by atoms with Crippen LogP contribution in [0.4, 0.5) is 5.69 Å². The smallest absolute Gasteiger partial charge is 0.234 e. The molecule has 1 rings (SSSR count). The largest absolute Gasteiger partial charge is 0.324 e. The fourth-order valence-corrected chi connectivity index (χ4v) is 1.81. The van der Waals surface area contributed by atoms with E-state index in [0.717, 1.165) is 16.8 Å². The normalized spacial score (nSPS) is 10.0. The molecule has 0 atom stereocenters. The van der Waals surface area contributed by atoms with Gasteiger partial charge in [0.2, 0.25) is 5.91 Å². The van der Waals surface area contributed by atoms with Crippen LogP contribution >= 0.6 is 34.2 Å². The molecule has 0 saturated heterocycles. The topological polar surface area (TPSA) is 29.1 Å². The molecule has 0 saturated carbocycles. The van der Waals surface area contributed by atoms with Crippen molar-refractivity contribution < 1.29 is 4.79 Å². The summed E-state index contributed by atoms with van der Waals surface area (Å²) < 4.78 is 0.432. The van der Waals surface area contributed by atoms with Crippen LogP contribution in [-0.4, -0.2) is 10.3 Å². The molecule has 1 aromatic rings. The Morgan fingerprint density at radius 2 is 2.14 bits per heavy atom. The van der Waals surface area contributed by atoms with Gasteiger partial charge in [0.15, 0.2) is 0 Å². The highest BCUT2D eigenvalue weighted by Gasteiger charge is 2.07. The zero-order chi connectivity index (χ0) is 10.7. The Labute approximate surface area is 102 Å². The molecular weight excluding hydrogens is 312 g/mol. The third-order valence-electron chi connectivity index (χ3n) is 1.82. The summed E-state index contributed by atoms with van der Waals surface area (Å²) in [6.45, 7) is 3.91. The first-order valence-corrected chi connectivity index (χ1v) is 6.07. The van der Waals surface area contributed by atoms with Crippen molar-refractivity contribution in [3.8, 4) is 0 Å². The lowest BCUT2D eigenvalue weighted by atomic mass is 10.1. The first kappa shape index (κ1) is 11.8. The summed E-state index contributed by atoms with van der Waals surface area (Å²) >= 11 is 8.03. The van der Waals surface area contributed by atoms with Gasteiger partial charge in [0.25, 0.3) is 0 Å². The van der Waals surface area contributed by atoms with Gasteiger partial charge in [-0.05, 0) is 31.0 Å². The van der Waals surface area contributed by atoms with Gasteiger partial charge < -0.3 is 5.32 Å². The Morgan fingerprint density at radius 1 is 1.50 bits per heavy atom. The predicted octanol–water partition coefficient (Wildman–Crippen LogP) is 3.33. The second-order valence-corrected chi connectivity index (χ2v) is 4.29. The van der Waals surface area contributed by atoms with Crippen LogP contribution in [0, 0.1) is 13.8 Å². The minimum atomic E-state index is -0.0283. The Morgan fingerprint density at radius 3 is 2.64 bits per heavy atom. The van der Waals surface area contributed by atoms with E-state index < -0.39 is 0 Å². The fraction of sp³-hybridized carbons (Fsp3) is 0.300. The van der Waals surface area contributed by atoms with Crippen LogP contribution in [0.3, 0.4) is 0 Å². The maximum Gasteiger partial charge on any atom is 0.234 e. The van der Waals surface area contributed by atoms with Crippen molar-refractivity contribution in [3.05, 3.63) is 28.3 Å². The third kappa shape index (κ3) is 2.85. The van der Waals surface area contributed by atoms with Gasteiger partial charge in [-0.2, -0.15) is 0 Å². The number of anilines is 1. The van der Waals surface area contributed by atoms with Gasteiger partial charge in [0.05, 0.1) is 15.1 Å². The molecule has 0 heterocycles. The molecule has 0 aliphatic heterocycles. The number of aryl methyl sites for hydroxylation is 2. The highest BCUT2D eigenvalue weighted by Crippen LogP contribution is 2.27. The standard InChI is InChI=1S/C10H11ClINO/c1-6-3-7(2)10(8(11)4-6)13-9(14)5-12/h3-4H,5H2,1-2H3,(H,13,14). The number of nitrogens with one attached hydrogen (secondary N) is 1. The highest BCUT2D eigenvalue weighted by molar-refractivity contribution is 14.1. The molecule has 76 valence electrons. The lowest BCUT2D eigenvalue weighted by molar-refractivity contribution is -0.113. The van der Waals surface area contributed by atoms with Gasteiger partial charge >= 0.3 is 0 Å². The maximum absolute atomic E-state index is 11.2. The Bertz CT molecular complexity index is 342. The lowest BCUT2D eigenvalue weighted by Gasteiger charge is -2.10. The highest BCUT2D eigenvalue weighted by atomic mass is 127. The average Bonchev–Trinajstić information content (AvgIpc) is 2.10. The first-order chi connectivity index (χ1) is 6.54. The average molecular weight is 324 g/mol. The van der Waals surface area contributed by atoms with Gasteiger partial charge in [-0.3, -0.25) is 4.79 Å². The van der Waals surface area contributed by atoms with E-state index in [2.05, 4.69) is 5.32 Å². The van der Waals surface area contributed by atoms with Gasteiger partial charge in [0.1, 0.15) is 0 Å². The molecule has 2 nitrogen and oxygen atoms in total. The van der Waals surface area contributed by atoms with Crippen LogP contribution in [0.15, 0.2) is 12.1 Å². The van der Waals surface area contributed by atoms with E-state index in [-0.39, 0.29) is 5.91 Å². The van der Waals surface area contributed by atoms with Crippen LogP contribution in [0.5, 0.6) is 0 Å². The molecule has 0 aromatic heterocycles. The summed E-state index contributed by atoms with van der Waals surface area (Å²) in [5, 5.41) is 3.37. The number of amides is 1. The van der Waals surface area contributed by atoms with Crippen molar-refractivity contribution in [1.82, 2.24) is 0 Å². The Hall–Kier alpha value is -0.290. The molecule has 0 bridgehead atoms. The van der Waals surface area contributed by atoms with Crippen LogP contribution in [-0.2, 0) is 4.79 Å². The van der Waals surface area contributed by atoms with Crippen LogP contribution in [0.2, 0.25) is 5.02 Å². The number of hydrogen-bond donors (Lipinski definition) is 1. The van der Waals surface area contributed by atoms with Crippen molar-refractivity contribution >= 4 is 45.8 Å². The van der Waals surface area contributed by atoms with Crippen LogP contribution in [0.1, 0.15) is 11.1 Å². The summed E-state index contributed by atoms with van der Waals surface area (Å²) in [4.78, 5) is 11.2. The van der Waals surface area contributed by atoms with Gasteiger partial charge in [-0.1, -0.05) is 40.3 Å². The molecule has 0 aliphatic carbocycles. The summed E-state index contributed by atoms with van der Waals surface area (Å²) in [5.74, 6) is -0.0283. The zero-order valence-corrected chi connectivity index (χ0v) is 10.9. The molecule has 1 amide bonds. The van der Waals surface area contributed by atoms with E-state index in [0.29, 0.717) is 9.45 Å². The second kappa shape index (κ2) is 4.98. The number of carbonyl (C=O) groups is 1. The number of hydrogen-bond acceptors (Lipinski definition) is 1. The number of halogens is 2. The minimum absolute atomic E-state index is 0.0283. The molecular formula is C10H11ClINO. The molecule has 0 spiro atoms. The zero-order valence-electron chi connectivity index (χ0n) is 8.03. The van der Waals surface area contributed by atoms with Gasteiger partial charge in [-0.15, -0.1) is 0 Å². The maximum atomic E-state index is 11.2. The molecule has 0 fully saturated rings. The molecule has 1 N–H and O–H groups in total. The van der Waals surface area contributed by atoms with Crippen molar-refractivity contribution in [3.63, 3.8) is 0 Å². The molecule has 0 unspecified atom stereocenters. The predicted molar refractivity (Wildman–Crippen MR) is 68.4 cm³/mol. The van der Waals surface area contributed by atoms with Crippen molar-refractivity contribution in [2.75, 3.05) is 9.74 Å². The second-order valence-electron chi connectivity index (χ2n) is 3.12. The quantitative estimate of drug-likeness (QED) is 0.656. The fourth-order valence-electron chi connectivity index (χ4n) is 1.25. The molecule has 1 aromatic carbocycles. The van der Waals surface area contributed by atoms with Crippen LogP contribution < -0.4 is 5.32 Å². The summed E-state index contributed by atoms with van der Waals surface area (Å²) in [5.41, 5.74) is 2.81. The van der Waals surface area contributed by atoms with E-state index >= 15 is 0 Å². The monoisotopic (exact) mass is 323 g/mol. The third-order valence-corrected chi connectivity index (χ3v) is 2.81. The van der Waals surface area contributed by atoms with E-state index in [9.17, 15) is 4.79 Å². The van der Waals surface area contributed by atoms with E-state index in [1.807, 2.05) is 48.6 Å².